The van der Waals surface area contributed by atoms with Crippen molar-refractivity contribution in [3.05, 3.63) is 12.3 Å². The van der Waals surface area contributed by atoms with Gasteiger partial charge in [0.1, 0.15) is 5.82 Å². The van der Waals surface area contributed by atoms with E-state index in [4.69, 9.17) is 5.84 Å². The average Bonchev–Trinajstić information content (AvgIpc) is 2.29. The lowest BCUT2D eigenvalue weighted by molar-refractivity contribution is 0.584. The molecule has 0 bridgehead atoms. The Kier molecular flexibility index (Phi) is 5.07. The number of nitrogens with two attached hydrogens (primary N) is 1. The van der Waals surface area contributed by atoms with Crippen molar-refractivity contribution in [2.75, 3.05) is 29.6 Å². The molecule has 0 aliphatic heterocycles. The molecule has 1 rings (SSSR count). The second kappa shape index (κ2) is 6.33. The molecule has 0 saturated carbocycles. The van der Waals surface area contributed by atoms with E-state index in [9.17, 15) is 8.42 Å². The van der Waals surface area contributed by atoms with Crippen LogP contribution >= 0.6 is 0 Å². The van der Waals surface area contributed by atoms with Gasteiger partial charge in [0.15, 0.2) is 0 Å². The molecule has 96 valence electrons. The van der Waals surface area contributed by atoms with Crippen LogP contribution in [-0.4, -0.2) is 37.2 Å². The van der Waals surface area contributed by atoms with Crippen molar-refractivity contribution in [2.24, 2.45) is 5.84 Å². The van der Waals surface area contributed by atoms with E-state index in [0.29, 0.717) is 12.4 Å². The van der Waals surface area contributed by atoms with Crippen molar-refractivity contribution in [1.29, 1.82) is 0 Å². The number of hydrogen-bond donors (Lipinski definition) is 4. The normalized spacial score (nSPS) is 11.2. The van der Waals surface area contributed by atoms with E-state index < -0.39 is 10.0 Å². The van der Waals surface area contributed by atoms with Crippen LogP contribution in [0, 0.1) is 0 Å². The van der Waals surface area contributed by atoms with E-state index in [0.717, 1.165) is 0 Å². The fraction of sp³-hybridized carbons (Fsp3) is 0.500. The number of hydrogen-bond acceptors (Lipinski definition) is 7. The minimum Gasteiger partial charge on any atom is -0.369 e. The predicted molar refractivity (Wildman–Crippen MR) is 65.8 cm³/mol. The highest BCUT2D eigenvalue weighted by Gasteiger charge is 2.07. The molecule has 0 amide bonds. The molecule has 0 fully saturated rings. The van der Waals surface area contributed by atoms with Crippen molar-refractivity contribution in [3.63, 3.8) is 0 Å². The van der Waals surface area contributed by atoms with Gasteiger partial charge >= 0.3 is 0 Å². The Morgan fingerprint density at radius 1 is 1.47 bits per heavy atom. The Bertz CT molecular complexity index is 449. The average molecular weight is 260 g/mol. The molecule has 1 aromatic rings. The first kappa shape index (κ1) is 13.6. The van der Waals surface area contributed by atoms with Crippen LogP contribution in [0.2, 0.25) is 0 Å². The molecule has 0 aliphatic carbocycles. The van der Waals surface area contributed by atoms with Crippen molar-refractivity contribution in [3.8, 4) is 0 Å². The number of rotatable bonds is 7. The molecule has 1 aromatic heterocycles. The third-order valence-corrected chi connectivity index (χ3v) is 3.30. The highest BCUT2D eigenvalue weighted by Crippen LogP contribution is 2.03. The summed E-state index contributed by atoms with van der Waals surface area (Å²) in [5, 5.41) is 2.87. The van der Waals surface area contributed by atoms with Gasteiger partial charge in [-0.3, -0.25) is 5.43 Å². The number of sulfonamides is 1. The summed E-state index contributed by atoms with van der Waals surface area (Å²) in [6.45, 7) is 2.38. The number of nitrogens with zero attached hydrogens (tertiary/aromatic N) is 2. The second-order valence-electron chi connectivity index (χ2n) is 3.15. The molecule has 0 saturated heterocycles. The minimum atomic E-state index is -3.21. The van der Waals surface area contributed by atoms with Crippen molar-refractivity contribution < 1.29 is 8.42 Å². The fourth-order valence-corrected chi connectivity index (χ4v) is 2.09. The number of anilines is 2. The Balaban J connectivity index is 2.45. The second-order valence-corrected chi connectivity index (χ2v) is 5.08. The van der Waals surface area contributed by atoms with Crippen LogP contribution in [0.15, 0.2) is 12.3 Å². The summed E-state index contributed by atoms with van der Waals surface area (Å²) in [6, 6.07) is 1.63. The van der Waals surface area contributed by atoms with Crippen LogP contribution in [0.4, 0.5) is 11.8 Å². The van der Waals surface area contributed by atoms with Gasteiger partial charge in [0.25, 0.3) is 0 Å². The summed E-state index contributed by atoms with van der Waals surface area (Å²) in [6.07, 6.45) is 1.52. The van der Waals surface area contributed by atoms with Gasteiger partial charge in [0.2, 0.25) is 16.0 Å². The van der Waals surface area contributed by atoms with Gasteiger partial charge in [-0.2, -0.15) is 4.98 Å². The smallest absolute Gasteiger partial charge is 0.239 e. The first-order valence-corrected chi connectivity index (χ1v) is 6.73. The number of nitrogens with one attached hydrogen (secondary N) is 3. The quantitative estimate of drug-likeness (QED) is 0.370. The van der Waals surface area contributed by atoms with Crippen molar-refractivity contribution in [2.45, 2.75) is 6.92 Å². The van der Waals surface area contributed by atoms with E-state index in [1.165, 1.54) is 6.20 Å². The summed E-state index contributed by atoms with van der Waals surface area (Å²) in [7, 11) is -3.21. The van der Waals surface area contributed by atoms with E-state index in [-0.39, 0.29) is 18.2 Å². The Labute approximate surface area is 100 Å². The summed E-state index contributed by atoms with van der Waals surface area (Å²) in [4.78, 5) is 7.81. The van der Waals surface area contributed by atoms with Crippen LogP contribution in [-0.2, 0) is 10.0 Å². The van der Waals surface area contributed by atoms with Gasteiger partial charge < -0.3 is 5.32 Å². The maximum absolute atomic E-state index is 11.3. The van der Waals surface area contributed by atoms with Gasteiger partial charge in [-0.05, 0) is 6.07 Å². The van der Waals surface area contributed by atoms with Gasteiger partial charge in [0.05, 0.1) is 5.75 Å². The lowest BCUT2D eigenvalue weighted by Crippen LogP contribution is -2.29. The molecule has 5 N–H and O–H groups in total. The Hall–Kier alpha value is -1.45. The third-order valence-electron chi connectivity index (χ3n) is 1.83. The molecule has 0 aliphatic rings. The zero-order valence-corrected chi connectivity index (χ0v) is 10.3. The molecule has 1 heterocycles. The third kappa shape index (κ3) is 4.93. The summed E-state index contributed by atoms with van der Waals surface area (Å²) >= 11 is 0. The molecule has 0 atom stereocenters. The summed E-state index contributed by atoms with van der Waals surface area (Å²) < 4.78 is 25.1. The largest absolute Gasteiger partial charge is 0.369 e. The lowest BCUT2D eigenvalue weighted by atomic mass is 10.5. The molecule has 0 spiro atoms. The number of nitrogen functional groups attached to an aromatic ring is 1. The van der Waals surface area contributed by atoms with Crippen molar-refractivity contribution in [1.82, 2.24) is 14.7 Å². The highest BCUT2D eigenvalue weighted by molar-refractivity contribution is 7.89. The maximum Gasteiger partial charge on any atom is 0.239 e. The van der Waals surface area contributed by atoms with E-state index in [1.54, 1.807) is 13.0 Å². The monoisotopic (exact) mass is 260 g/mol. The van der Waals surface area contributed by atoms with Gasteiger partial charge in [0, 0.05) is 19.3 Å². The molecular formula is C8H16N6O2S. The first-order chi connectivity index (χ1) is 8.07. The van der Waals surface area contributed by atoms with Gasteiger partial charge in [-0.15, -0.1) is 0 Å². The SMILES string of the molecule is CCNS(=O)(=O)CCNc1ccnc(NN)n1. The Morgan fingerprint density at radius 3 is 2.88 bits per heavy atom. The van der Waals surface area contributed by atoms with Gasteiger partial charge in [-0.25, -0.2) is 24.0 Å². The number of hydrazine groups is 1. The topological polar surface area (TPSA) is 122 Å². The molecule has 0 unspecified atom stereocenters. The highest BCUT2D eigenvalue weighted by atomic mass is 32.2. The maximum atomic E-state index is 11.3. The Morgan fingerprint density at radius 2 is 2.24 bits per heavy atom. The molecule has 0 radical (unpaired) electrons. The number of aromatic nitrogens is 2. The van der Waals surface area contributed by atoms with Crippen LogP contribution < -0.4 is 21.3 Å². The minimum absolute atomic E-state index is 0.0176. The van der Waals surface area contributed by atoms with E-state index >= 15 is 0 Å². The summed E-state index contributed by atoms with van der Waals surface area (Å²) in [5.74, 6) is 5.91. The standard InChI is InChI=1S/C8H16N6O2S/c1-2-12-17(15,16)6-5-10-7-3-4-11-8(13-7)14-9/h3-4,12H,2,5-6,9H2,1H3,(H2,10,11,13,14). The van der Waals surface area contributed by atoms with Crippen molar-refractivity contribution >= 4 is 21.8 Å². The molecule has 17 heavy (non-hydrogen) atoms. The predicted octanol–water partition coefficient (Wildman–Crippen LogP) is -0.887. The van der Waals surface area contributed by atoms with E-state index in [2.05, 4.69) is 25.4 Å². The first-order valence-electron chi connectivity index (χ1n) is 5.08. The van der Waals surface area contributed by atoms with Crippen LogP contribution in [0.5, 0.6) is 0 Å². The van der Waals surface area contributed by atoms with Crippen LogP contribution in [0.3, 0.4) is 0 Å². The molecule has 8 nitrogen and oxygen atoms in total. The molecular weight excluding hydrogens is 244 g/mol. The summed E-state index contributed by atoms with van der Waals surface area (Å²) in [5.41, 5.74) is 2.30. The molecule has 9 heteroatoms. The zero-order valence-electron chi connectivity index (χ0n) is 9.47. The van der Waals surface area contributed by atoms with Gasteiger partial charge in [-0.1, -0.05) is 6.92 Å². The zero-order chi connectivity index (χ0) is 12.7. The fourth-order valence-electron chi connectivity index (χ4n) is 1.13. The van der Waals surface area contributed by atoms with E-state index in [1.807, 2.05) is 0 Å². The van der Waals surface area contributed by atoms with Crippen LogP contribution in [0.25, 0.3) is 0 Å². The molecule has 0 aromatic carbocycles. The van der Waals surface area contributed by atoms with Crippen LogP contribution in [0.1, 0.15) is 6.92 Å². The lowest BCUT2D eigenvalue weighted by Gasteiger charge is -2.07.